The van der Waals surface area contributed by atoms with E-state index in [9.17, 15) is 5.11 Å². The molecule has 90 valence electrons. The van der Waals surface area contributed by atoms with E-state index in [0.717, 1.165) is 13.1 Å². The molecule has 2 rings (SSSR count). The van der Waals surface area contributed by atoms with Crippen molar-refractivity contribution in [1.82, 2.24) is 4.90 Å². The molecule has 1 aromatic carbocycles. The van der Waals surface area contributed by atoms with Crippen LogP contribution in [0.4, 0.5) is 0 Å². The van der Waals surface area contributed by atoms with Gasteiger partial charge in [-0.3, -0.25) is 4.90 Å². The van der Waals surface area contributed by atoms with Crippen LogP contribution < -0.4 is 0 Å². The van der Waals surface area contributed by atoms with E-state index in [0.29, 0.717) is 0 Å². The molecule has 0 radical (unpaired) electrons. The van der Waals surface area contributed by atoms with Gasteiger partial charge in [-0.25, -0.2) is 0 Å². The number of benzene rings is 1. The largest absolute Gasteiger partial charge is 0.394 e. The molecule has 1 atom stereocenters. The lowest BCUT2D eigenvalue weighted by Crippen LogP contribution is -2.28. The molecule has 1 aliphatic heterocycles. The highest BCUT2D eigenvalue weighted by Crippen LogP contribution is 2.23. The van der Waals surface area contributed by atoms with Crippen LogP contribution in [0.25, 0.3) is 0 Å². The molecule has 1 saturated heterocycles. The van der Waals surface area contributed by atoms with Crippen LogP contribution >= 0.6 is 0 Å². The molecule has 0 aliphatic carbocycles. The van der Waals surface area contributed by atoms with Crippen LogP contribution in [0.2, 0.25) is 0 Å². The lowest BCUT2D eigenvalue weighted by Gasteiger charge is -2.25. The summed E-state index contributed by atoms with van der Waals surface area (Å²) in [5.41, 5.74) is 1.23. The van der Waals surface area contributed by atoms with Gasteiger partial charge in [-0.15, -0.1) is 0 Å². The fraction of sp³-hybridized carbons (Fsp3) is 0.571. The molecule has 2 nitrogen and oxygen atoms in total. The molecule has 0 saturated carbocycles. The third-order valence-corrected chi connectivity index (χ3v) is 2.94. The van der Waals surface area contributed by atoms with Gasteiger partial charge in [0.1, 0.15) is 0 Å². The maximum absolute atomic E-state index is 9.40. The Bertz CT molecular complexity index is 267. The van der Waals surface area contributed by atoms with Crippen LogP contribution in [-0.4, -0.2) is 29.7 Å². The van der Waals surface area contributed by atoms with Gasteiger partial charge < -0.3 is 5.11 Å². The van der Waals surface area contributed by atoms with Crippen molar-refractivity contribution in [2.75, 3.05) is 19.7 Å². The maximum atomic E-state index is 9.40. The van der Waals surface area contributed by atoms with Crippen molar-refractivity contribution in [3.05, 3.63) is 35.9 Å². The zero-order valence-corrected chi connectivity index (χ0v) is 10.4. The fourth-order valence-corrected chi connectivity index (χ4v) is 2.16. The minimum Gasteiger partial charge on any atom is -0.394 e. The molecule has 0 spiro atoms. The first-order valence-electron chi connectivity index (χ1n) is 6.31. The summed E-state index contributed by atoms with van der Waals surface area (Å²) < 4.78 is 0. The maximum Gasteiger partial charge on any atom is 0.0628 e. The van der Waals surface area contributed by atoms with Gasteiger partial charge in [-0.1, -0.05) is 44.2 Å². The average Bonchev–Trinajstić information content (AvgIpc) is 2.88. The Morgan fingerprint density at radius 1 is 1.12 bits per heavy atom. The van der Waals surface area contributed by atoms with Gasteiger partial charge in [-0.05, 0) is 31.5 Å². The van der Waals surface area contributed by atoms with Crippen LogP contribution in [0.3, 0.4) is 0 Å². The van der Waals surface area contributed by atoms with Gasteiger partial charge in [0.2, 0.25) is 0 Å². The normalized spacial score (nSPS) is 17.7. The van der Waals surface area contributed by atoms with Gasteiger partial charge in [-0.2, -0.15) is 0 Å². The van der Waals surface area contributed by atoms with Crippen LogP contribution in [-0.2, 0) is 0 Å². The number of rotatable bonds is 3. The second-order valence-corrected chi connectivity index (χ2v) is 3.85. The lowest BCUT2D eigenvalue weighted by atomic mass is 10.1. The van der Waals surface area contributed by atoms with Crippen molar-refractivity contribution in [2.45, 2.75) is 32.7 Å². The quantitative estimate of drug-likeness (QED) is 0.848. The molecule has 1 fully saturated rings. The van der Waals surface area contributed by atoms with E-state index in [1.54, 1.807) is 0 Å². The topological polar surface area (TPSA) is 23.5 Å². The predicted molar refractivity (Wildman–Crippen MR) is 68.4 cm³/mol. The SMILES string of the molecule is CC.OCC(c1ccccc1)N1CCCC1. The molecule has 1 heterocycles. The predicted octanol–water partition coefficient (Wildman–Crippen LogP) is 2.84. The van der Waals surface area contributed by atoms with Crippen LogP contribution in [0.1, 0.15) is 38.3 Å². The monoisotopic (exact) mass is 221 g/mol. The van der Waals surface area contributed by atoms with E-state index >= 15 is 0 Å². The first-order chi connectivity index (χ1) is 7.92. The van der Waals surface area contributed by atoms with Crippen molar-refractivity contribution in [3.63, 3.8) is 0 Å². The number of hydrogen-bond donors (Lipinski definition) is 1. The highest BCUT2D eigenvalue weighted by atomic mass is 16.3. The van der Waals surface area contributed by atoms with Crippen molar-refractivity contribution < 1.29 is 5.11 Å². The Hall–Kier alpha value is -0.860. The van der Waals surface area contributed by atoms with E-state index in [4.69, 9.17) is 0 Å². The second kappa shape index (κ2) is 7.42. The highest BCUT2D eigenvalue weighted by molar-refractivity contribution is 5.19. The minimum absolute atomic E-state index is 0.207. The van der Waals surface area contributed by atoms with Crippen LogP contribution in [0.5, 0.6) is 0 Å². The number of aliphatic hydroxyl groups is 1. The molecule has 1 N–H and O–H groups in total. The van der Waals surface area contributed by atoms with Gasteiger partial charge in [0.25, 0.3) is 0 Å². The number of likely N-dealkylation sites (tertiary alicyclic amines) is 1. The fourth-order valence-electron chi connectivity index (χ4n) is 2.16. The summed E-state index contributed by atoms with van der Waals surface area (Å²) in [6.07, 6.45) is 2.53. The zero-order chi connectivity index (χ0) is 11.8. The molecular formula is C14H23NO. The van der Waals surface area contributed by atoms with Crippen LogP contribution in [0.15, 0.2) is 30.3 Å². The van der Waals surface area contributed by atoms with E-state index < -0.39 is 0 Å². The first kappa shape index (κ1) is 13.2. The van der Waals surface area contributed by atoms with Crippen molar-refractivity contribution in [1.29, 1.82) is 0 Å². The smallest absolute Gasteiger partial charge is 0.0628 e. The Balaban J connectivity index is 0.000000606. The molecular weight excluding hydrogens is 198 g/mol. The Kier molecular flexibility index (Phi) is 6.12. The standard InChI is InChI=1S/C12H17NO.C2H6/c14-10-12(13-8-4-5-9-13)11-6-2-1-3-7-11;1-2/h1-3,6-7,12,14H,4-5,8-10H2;1-2H3. The summed E-state index contributed by atoms with van der Waals surface area (Å²) in [5.74, 6) is 0. The van der Waals surface area contributed by atoms with E-state index in [2.05, 4.69) is 17.0 Å². The van der Waals surface area contributed by atoms with Crippen molar-refractivity contribution in [2.24, 2.45) is 0 Å². The van der Waals surface area contributed by atoms with Crippen LogP contribution in [0, 0.1) is 0 Å². The van der Waals surface area contributed by atoms with Gasteiger partial charge in [0, 0.05) is 0 Å². The van der Waals surface area contributed by atoms with Gasteiger partial charge in [0.05, 0.1) is 12.6 Å². The molecule has 0 bridgehead atoms. The lowest BCUT2D eigenvalue weighted by molar-refractivity contribution is 0.147. The summed E-state index contributed by atoms with van der Waals surface area (Å²) in [6.45, 7) is 6.48. The highest BCUT2D eigenvalue weighted by Gasteiger charge is 2.22. The molecule has 0 amide bonds. The summed E-state index contributed by atoms with van der Waals surface area (Å²) in [4.78, 5) is 2.37. The summed E-state index contributed by atoms with van der Waals surface area (Å²) >= 11 is 0. The molecule has 2 heteroatoms. The number of hydrogen-bond acceptors (Lipinski definition) is 2. The van der Waals surface area contributed by atoms with E-state index in [1.807, 2.05) is 32.0 Å². The van der Waals surface area contributed by atoms with E-state index in [1.165, 1.54) is 18.4 Å². The third-order valence-electron chi connectivity index (χ3n) is 2.94. The zero-order valence-electron chi connectivity index (χ0n) is 10.4. The van der Waals surface area contributed by atoms with Crippen molar-refractivity contribution >= 4 is 0 Å². The summed E-state index contributed by atoms with van der Waals surface area (Å²) in [6, 6.07) is 10.5. The minimum atomic E-state index is 0.207. The van der Waals surface area contributed by atoms with Crippen molar-refractivity contribution in [3.8, 4) is 0 Å². The molecule has 16 heavy (non-hydrogen) atoms. The van der Waals surface area contributed by atoms with Gasteiger partial charge >= 0.3 is 0 Å². The first-order valence-corrected chi connectivity index (χ1v) is 6.31. The Labute approximate surface area is 98.9 Å². The Morgan fingerprint density at radius 3 is 2.19 bits per heavy atom. The number of aliphatic hydroxyl groups excluding tert-OH is 1. The third kappa shape index (κ3) is 3.32. The summed E-state index contributed by atoms with van der Waals surface area (Å²) in [5, 5.41) is 9.40. The Morgan fingerprint density at radius 2 is 1.69 bits per heavy atom. The molecule has 1 aromatic rings. The molecule has 0 aromatic heterocycles. The average molecular weight is 221 g/mol. The molecule has 1 aliphatic rings. The van der Waals surface area contributed by atoms with Gasteiger partial charge in [0.15, 0.2) is 0 Å². The number of nitrogens with zero attached hydrogens (tertiary/aromatic N) is 1. The summed E-state index contributed by atoms with van der Waals surface area (Å²) in [7, 11) is 0. The second-order valence-electron chi connectivity index (χ2n) is 3.85. The molecule has 1 unspecified atom stereocenters. The van der Waals surface area contributed by atoms with E-state index in [-0.39, 0.29) is 12.6 Å².